The van der Waals surface area contributed by atoms with Crippen molar-refractivity contribution in [3.63, 3.8) is 0 Å². The van der Waals surface area contributed by atoms with Gasteiger partial charge in [0.15, 0.2) is 0 Å². The molecule has 0 spiro atoms. The fourth-order valence-electron chi connectivity index (χ4n) is 2.40. The summed E-state index contributed by atoms with van der Waals surface area (Å²) < 4.78 is 64.6. The lowest BCUT2D eigenvalue weighted by molar-refractivity contribution is -0.274. The number of nitrogens with zero attached hydrogens (tertiary/aromatic N) is 1. The van der Waals surface area contributed by atoms with Crippen LogP contribution in [-0.2, 0) is 14.8 Å². The average Bonchev–Trinajstić information content (AvgIpc) is 2.85. The van der Waals surface area contributed by atoms with Gasteiger partial charge in [-0.3, -0.25) is 4.79 Å². The van der Waals surface area contributed by atoms with Gasteiger partial charge in [-0.15, -0.1) is 13.2 Å². The molecule has 0 aromatic heterocycles. The number of benzene rings is 1. The number of carbonyl (C=O) groups excluding carboxylic acids is 1. The molecule has 1 fully saturated rings. The van der Waals surface area contributed by atoms with Crippen molar-refractivity contribution in [1.29, 1.82) is 0 Å². The predicted octanol–water partition coefficient (Wildman–Crippen LogP) is 1.95. The van der Waals surface area contributed by atoms with Gasteiger partial charge in [0.1, 0.15) is 11.8 Å². The van der Waals surface area contributed by atoms with E-state index in [-0.39, 0.29) is 12.2 Å². The zero-order chi connectivity index (χ0) is 17.3. The van der Waals surface area contributed by atoms with Gasteiger partial charge in [0, 0.05) is 18.3 Å². The van der Waals surface area contributed by atoms with E-state index in [2.05, 4.69) is 10.1 Å². The lowest BCUT2D eigenvalue weighted by atomic mass is 10.2. The third-order valence-corrected chi connectivity index (χ3v) is 4.56. The molecule has 1 heterocycles. The number of sulfonamides is 1. The first-order chi connectivity index (χ1) is 10.6. The normalized spacial score (nSPS) is 19.6. The summed E-state index contributed by atoms with van der Waals surface area (Å²) in [6, 6.07) is 3.94. The maximum absolute atomic E-state index is 12.2. The summed E-state index contributed by atoms with van der Waals surface area (Å²) in [5.41, 5.74) is 0.0945. The standard InChI is InChI=1S/C13H15F3N2O4S/c1-23(20,21)18-7-3-6-11(18)12(19)17-9-4-2-5-10(8-9)22-13(14,15)16/h2,4-5,8,11H,3,6-7H2,1H3,(H,17,19)/t11-/m0/s1. The third-order valence-electron chi connectivity index (χ3n) is 3.27. The van der Waals surface area contributed by atoms with Gasteiger partial charge in [0.25, 0.3) is 0 Å². The Morgan fingerprint density at radius 3 is 2.70 bits per heavy atom. The molecule has 1 atom stereocenters. The maximum atomic E-state index is 12.2. The van der Waals surface area contributed by atoms with Crippen molar-refractivity contribution in [2.24, 2.45) is 0 Å². The molecule has 1 aromatic rings. The maximum Gasteiger partial charge on any atom is 0.573 e. The minimum Gasteiger partial charge on any atom is -0.406 e. The molecule has 0 saturated carbocycles. The van der Waals surface area contributed by atoms with Crippen molar-refractivity contribution in [2.75, 3.05) is 18.1 Å². The first-order valence-electron chi connectivity index (χ1n) is 6.70. The predicted molar refractivity (Wildman–Crippen MR) is 76.3 cm³/mol. The number of nitrogens with one attached hydrogen (secondary N) is 1. The SMILES string of the molecule is CS(=O)(=O)N1CCC[C@H]1C(=O)Nc1cccc(OC(F)(F)F)c1. The van der Waals surface area contributed by atoms with E-state index in [1.165, 1.54) is 12.1 Å². The molecule has 2 rings (SSSR count). The highest BCUT2D eigenvalue weighted by Gasteiger charge is 2.36. The second-order valence-corrected chi connectivity index (χ2v) is 7.03. The Morgan fingerprint density at radius 1 is 1.39 bits per heavy atom. The van der Waals surface area contributed by atoms with Crippen LogP contribution in [0.3, 0.4) is 0 Å². The van der Waals surface area contributed by atoms with E-state index in [0.29, 0.717) is 12.8 Å². The monoisotopic (exact) mass is 352 g/mol. The Bertz CT molecular complexity index is 691. The summed E-state index contributed by atoms with van der Waals surface area (Å²) in [7, 11) is -3.52. The molecular formula is C13H15F3N2O4S. The van der Waals surface area contributed by atoms with Gasteiger partial charge in [-0.2, -0.15) is 4.31 Å². The number of hydrogen-bond acceptors (Lipinski definition) is 4. The van der Waals surface area contributed by atoms with Gasteiger partial charge < -0.3 is 10.1 Å². The number of amides is 1. The van der Waals surface area contributed by atoms with Crippen LogP contribution in [0.25, 0.3) is 0 Å². The van der Waals surface area contributed by atoms with E-state index in [1.54, 1.807) is 0 Å². The molecule has 0 unspecified atom stereocenters. The highest BCUT2D eigenvalue weighted by molar-refractivity contribution is 7.88. The summed E-state index contributed by atoms with van der Waals surface area (Å²) in [6.45, 7) is 0.244. The van der Waals surface area contributed by atoms with Gasteiger partial charge in [-0.25, -0.2) is 8.42 Å². The van der Waals surface area contributed by atoms with Gasteiger partial charge in [-0.1, -0.05) is 6.07 Å². The molecule has 1 saturated heterocycles. The zero-order valence-electron chi connectivity index (χ0n) is 12.1. The first kappa shape index (κ1) is 17.5. The lowest BCUT2D eigenvalue weighted by Gasteiger charge is -2.21. The summed E-state index contributed by atoms with van der Waals surface area (Å²) in [4.78, 5) is 12.2. The third kappa shape index (κ3) is 4.83. The Morgan fingerprint density at radius 2 is 2.09 bits per heavy atom. The van der Waals surface area contributed by atoms with Gasteiger partial charge in [0.05, 0.1) is 6.26 Å². The summed E-state index contributed by atoms with van der Waals surface area (Å²) in [6.07, 6.45) is -2.92. The van der Waals surface area contributed by atoms with Crippen molar-refractivity contribution in [1.82, 2.24) is 4.31 Å². The van der Waals surface area contributed by atoms with Crippen LogP contribution in [0.1, 0.15) is 12.8 Å². The van der Waals surface area contributed by atoms with Crippen LogP contribution in [0.15, 0.2) is 24.3 Å². The number of rotatable bonds is 4. The van der Waals surface area contributed by atoms with Crippen LogP contribution in [0.2, 0.25) is 0 Å². The van der Waals surface area contributed by atoms with Crippen LogP contribution in [-0.4, -0.2) is 43.8 Å². The number of halogens is 3. The van der Waals surface area contributed by atoms with E-state index in [9.17, 15) is 26.4 Å². The zero-order valence-corrected chi connectivity index (χ0v) is 12.9. The molecule has 10 heteroatoms. The molecule has 0 radical (unpaired) electrons. The largest absolute Gasteiger partial charge is 0.573 e. The van der Waals surface area contributed by atoms with Gasteiger partial charge >= 0.3 is 6.36 Å². The molecule has 128 valence electrons. The second kappa shape index (κ2) is 6.36. The van der Waals surface area contributed by atoms with Crippen LogP contribution < -0.4 is 10.1 Å². The fourth-order valence-corrected chi connectivity index (χ4v) is 3.52. The van der Waals surface area contributed by atoms with Crippen molar-refractivity contribution in [3.8, 4) is 5.75 Å². The summed E-state index contributed by atoms with van der Waals surface area (Å²) >= 11 is 0. The van der Waals surface area contributed by atoms with E-state index in [0.717, 1.165) is 22.7 Å². The highest BCUT2D eigenvalue weighted by Crippen LogP contribution is 2.26. The minimum absolute atomic E-state index is 0.0945. The molecule has 0 bridgehead atoms. The van der Waals surface area contributed by atoms with Crippen LogP contribution in [0.4, 0.5) is 18.9 Å². The molecule has 1 N–H and O–H groups in total. The van der Waals surface area contributed by atoms with Gasteiger partial charge in [0.2, 0.25) is 15.9 Å². The average molecular weight is 352 g/mol. The van der Waals surface area contributed by atoms with Gasteiger partial charge in [-0.05, 0) is 25.0 Å². The van der Waals surface area contributed by atoms with E-state index in [1.807, 2.05) is 0 Å². The van der Waals surface area contributed by atoms with E-state index < -0.39 is 34.1 Å². The summed E-state index contributed by atoms with van der Waals surface area (Å²) in [5, 5.41) is 2.42. The molecular weight excluding hydrogens is 337 g/mol. The highest BCUT2D eigenvalue weighted by atomic mass is 32.2. The van der Waals surface area contributed by atoms with E-state index in [4.69, 9.17) is 0 Å². The lowest BCUT2D eigenvalue weighted by Crippen LogP contribution is -2.42. The molecule has 1 aliphatic heterocycles. The number of anilines is 1. The summed E-state index contributed by atoms with van der Waals surface area (Å²) in [5.74, 6) is -1.06. The molecule has 23 heavy (non-hydrogen) atoms. The quantitative estimate of drug-likeness (QED) is 0.899. The molecule has 1 amide bonds. The Kier molecular flexibility index (Phi) is 4.85. The van der Waals surface area contributed by atoms with Crippen molar-refractivity contribution < 1.29 is 31.1 Å². The van der Waals surface area contributed by atoms with Crippen molar-refractivity contribution in [2.45, 2.75) is 25.2 Å². The number of carbonyl (C=O) groups is 1. The van der Waals surface area contributed by atoms with Crippen LogP contribution in [0.5, 0.6) is 5.75 Å². The Labute approximate surface area is 131 Å². The van der Waals surface area contributed by atoms with Crippen LogP contribution in [0, 0.1) is 0 Å². The molecule has 6 nitrogen and oxygen atoms in total. The second-order valence-electron chi connectivity index (χ2n) is 5.10. The Hall–Kier alpha value is -1.81. The molecule has 1 aliphatic rings. The fraction of sp³-hybridized carbons (Fsp3) is 0.462. The smallest absolute Gasteiger partial charge is 0.406 e. The van der Waals surface area contributed by atoms with E-state index >= 15 is 0 Å². The van der Waals surface area contributed by atoms with Crippen LogP contribution >= 0.6 is 0 Å². The minimum atomic E-state index is -4.83. The van der Waals surface area contributed by atoms with Crippen molar-refractivity contribution >= 4 is 21.6 Å². The Balaban J connectivity index is 2.10. The number of ether oxygens (including phenoxy) is 1. The molecule has 1 aromatic carbocycles. The number of hydrogen-bond donors (Lipinski definition) is 1. The number of alkyl halides is 3. The topological polar surface area (TPSA) is 75.7 Å². The molecule has 0 aliphatic carbocycles. The van der Waals surface area contributed by atoms with Crippen molar-refractivity contribution in [3.05, 3.63) is 24.3 Å². The first-order valence-corrected chi connectivity index (χ1v) is 8.54.